The number of esters is 2. The molecule has 4 rings (SSSR count). The molecule has 3 aromatic rings. The number of nitrogens with two attached hydrogens (primary N) is 1. The largest absolute Gasteiger partial charge is 0.462 e. The molecule has 15 heteroatoms. The van der Waals surface area contributed by atoms with E-state index in [1.165, 1.54) is 13.8 Å². The van der Waals surface area contributed by atoms with E-state index in [9.17, 15) is 14.4 Å². The number of nitrogens with one attached hydrogen (secondary N) is 1. The minimum absolute atomic E-state index is 0.0915. The van der Waals surface area contributed by atoms with Crippen molar-refractivity contribution in [2.24, 2.45) is 5.92 Å². The predicted octanol–water partition coefficient (Wildman–Crippen LogP) is 3.17. The lowest BCUT2D eigenvalue weighted by molar-refractivity contribution is -0.158. The number of carbonyl (C=O) groups excluding carboxylic acids is 2. The Kier molecular flexibility index (Phi) is 12.1. The van der Waals surface area contributed by atoms with Gasteiger partial charge in [-0.2, -0.15) is 0 Å². The zero-order valence-electron chi connectivity index (χ0n) is 25.2. The van der Waals surface area contributed by atoms with Crippen LogP contribution < -0.4 is 11.4 Å². The van der Waals surface area contributed by atoms with Crippen LogP contribution in [0, 0.1) is 19.4 Å². The zero-order chi connectivity index (χ0) is 31.6. The quantitative estimate of drug-likeness (QED) is 0.110. The first-order valence-corrected chi connectivity index (χ1v) is 15.6. The van der Waals surface area contributed by atoms with E-state index in [1.807, 2.05) is 25.1 Å². The molecule has 1 aromatic carbocycles. The van der Waals surface area contributed by atoms with Gasteiger partial charge in [0, 0.05) is 32.3 Å². The highest BCUT2D eigenvalue weighted by Crippen LogP contribution is 2.40. The number of hydrogen-bond acceptors (Lipinski definition) is 11. The van der Waals surface area contributed by atoms with Gasteiger partial charge >= 0.3 is 26.2 Å². The Labute approximate surface area is 256 Å². The average molecular weight is 631 g/mol. The minimum atomic E-state index is -1.82. The number of aryl methyl sites for hydroxylation is 1. The Hall–Kier alpha value is -3.60. The third-order valence-electron chi connectivity index (χ3n) is 7.21. The number of aromatic nitrogens is 3. The van der Waals surface area contributed by atoms with E-state index in [-0.39, 0.29) is 32.1 Å². The van der Waals surface area contributed by atoms with Crippen LogP contribution in [0.5, 0.6) is 0 Å². The van der Waals surface area contributed by atoms with Gasteiger partial charge in [-0.1, -0.05) is 12.1 Å². The summed E-state index contributed by atoms with van der Waals surface area (Å²) in [5.41, 5.74) is 9.23. The van der Waals surface area contributed by atoms with E-state index < -0.39 is 26.6 Å². The molecule has 0 radical (unpaired) electrons. The van der Waals surface area contributed by atoms with Crippen molar-refractivity contribution in [3.8, 4) is 0 Å². The van der Waals surface area contributed by atoms with E-state index in [0.29, 0.717) is 36.9 Å². The van der Waals surface area contributed by atoms with E-state index in [0.717, 1.165) is 47.9 Å². The van der Waals surface area contributed by atoms with Gasteiger partial charge in [-0.15, -0.1) is 0 Å². The number of nitrogen functional groups attached to an aromatic ring is 1. The SMILES string of the molecule is [C-]#[N+]CCOP(OCCN1CCC(Cn2c(=O)[nH]c3c(N)nc4cc(C)ccc4c32)CC1)OC[C@@H](COC(C)=O)OC(C)=O. The first-order chi connectivity index (χ1) is 21.1. The summed E-state index contributed by atoms with van der Waals surface area (Å²) in [4.78, 5) is 48.5. The number of rotatable bonds is 15. The first kappa shape index (κ1) is 33.3. The summed E-state index contributed by atoms with van der Waals surface area (Å²) in [6, 6.07) is 5.98. The van der Waals surface area contributed by atoms with Crippen LogP contribution in [-0.2, 0) is 39.2 Å². The Bertz CT molecular complexity index is 1540. The van der Waals surface area contributed by atoms with Gasteiger partial charge in [0.05, 0.1) is 24.2 Å². The maximum Gasteiger partial charge on any atom is 0.333 e. The van der Waals surface area contributed by atoms with E-state index in [4.69, 9.17) is 35.4 Å². The van der Waals surface area contributed by atoms with Crippen LogP contribution in [0.2, 0.25) is 0 Å². The number of hydrogen-bond donors (Lipinski definition) is 2. The molecule has 3 N–H and O–H groups in total. The smallest absolute Gasteiger partial charge is 0.333 e. The van der Waals surface area contributed by atoms with Gasteiger partial charge in [0.2, 0.25) is 6.54 Å². The lowest BCUT2D eigenvalue weighted by Gasteiger charge is -2.32. The van der Waals surface area contributed by atoms with Crippen molar-refractivity contribution in [3.05, 3.63) is 45.7 Å². The van der Waals surface area contributed by atoms with E-state index in [1.54, 1.807) is 4.57 Å². The van der Waals surface area contributed by atoms with Crippen LogP contribution in [0.4, 0.5) is 5.82 Å². The number of ether oxygens (including phenoxy) is 2. The molecule has 1 fully saturated rings. The number of piperidine rings is 1. The molecule has 44 heavy (non-hydrogen) atoms. The number of fused-ring (bicyclic) bond motifs is 3. The molecule has 238 valence electrons. The second kappa shape index (κ2) is 15.9. The highest BCUT2D eigenvalue weighted by Gasteiger charge is 2.24. The maximum absolute atomic E-state index is 13.0. The predicted molar refractivity (Wildman–Crippen MR) is 165 cm³/mol. The summed E-state index contributed by atoms with van der Waals surface area (Å²) in [6.07, 6.45) is 1.00. The Morgan fingerprint density at radius 1 is 1.16 bits per heavy atom. The van der Waals surface area contributed by atoms with Gasteiger partial charge in [0.15, 0.2) is 6.10 Å². The van der Waals surface area contributed by atoms with Crippen LogP contribution in [-0.4, -0.2) is 90.1 Å². The summed E-state index contributed by atoms with van der Waals surface area (Å²) in [5, 5.41) is 0.899. The van der Waals surface area contributed by atoms with Crippen LogP contribution >= 0.6 is 8.60 Å². The van der Waals surface area contributed by atoms with Gasteiger partial charge in [-0.3, -0.25) is 14.2 Å². The lowest BCUT2D eigenvalue weighted by atomic mass is 9.96. The molecule has 0 saturated carbocycles. The molecule has 2 aromatic heterocycles. The monoisotopic (exact) mass is 630 g/mol. The Morgan fingerprint density at radius 2 is 1.91 bits per heavy atom. The second-order valence-electron chi connectivity index (χ2n) is 10.7. The average Bonchev–Trinajstić information content (AvgIpc) is 3.30. The van der Waals surface area contributed by atoms with Crippen molar-refractivity contribution >= 4 is 48.3 Å². The lowest BCUT2D eigenvalue weighted by Crippen LogP contribution is -2.37. The molecule has 1 unspecified atom stereocenters. The molecule has 3 heterocycles. The number of H-pyrrole nitrogens is 1. The highest BCUT2D eigenvalue weighted by molar-refractivity contribution is 7.41. The Morgan fingerprint density at radius 3 is 2.61 bits per heavy atom. The van der Waals surface area contributed by atoms with Gasteiger partial charge in [-0.25, -0.2) is 16.4 Å². The standard InChI is InChI=1S/C29H39N6O8P/c1-19-5-6-24-25(15-19)32-28(30)26-27(24)35(29(38)33-26)16-22-7-10-34(11-8-22)12-14-41-44(40-13-9-31-4)42-18-23(43-21(3)37)17-39-20(2)36/h5-6,15,22-23H,7-14,16-18H2,1-3H3,(H2,30,32)(H,33,38)/t23-,44?/m1/s1. The molecule has 1 aliphatic rings. The van der Waals surface area contributed by atoms with Gasteiger partial charge in [0.25, 0.3) is 0 Å². The number of nitrogens with zero attached hydrogens (tertiary/aromatic N) is 4. The first-order valence-electron chi connectivity index (χ1n) is 14.5. The molecule has 0 bridgehead atoms. The van der Waals surface area contributed by atoms with E-state index >= 15 is 0 Å². The van der Waals surface area contributed by atoms with Crippen molar-refractivity contribution in [1.82, 2.24) is 19.4 Å². The van der Waals surface area contributed by atoms with Crippen molar-refractivity contribution < 1.29 is 32.6 Å². The molecule has 1 saturated heterocycles. The molecular weight excluding hydrogens is 591 g/mol. The van der Waals surface area contributed by atoms with Crippen molar-refractivity contribution in [2.45, 2.75) is 46.3 Å². The number of benzene rings is 1. The molecular formula is C29H39N6O8P. The van der Waals surface area contributed by atoms with Crippen molar-refractivity contribution in [2.75, 3.05) is 58.3 Å². The maximum atomic E-state index is 13.0. The van der Waals surface area contributed by atoms with Crippen LogP contribution in [0.3, 0.4) is 0 Å². The molecule has 2 atom stereocenters. The van der Waals surface area contributed by atoms with Crippen molar-refractivity contribution in [1.29, 1.82) is 0 Å². The van der Waals surface area contributed by atoms with Crippen LogP contribution in [0.15, 0.2) is 23.0 Å². The summed E-state index contributed by atoms with van der Waals surface area (Å²) in [6.45, 7) is 14.7. The normalized spacial score (nSPS) is 15.7. The third kappa shape index (κ3) is 9.20. The van der Waals surface area contributed by atoms with Crippen LogP contribution in [0.25, 0.3) is 26.8 Å². The number of aromatic amines is 1. The number of carbonyl (C=O) groups is 2. The molecule has 14 nitrogen and oxygen atoms in total. The van der Waals surface area contributed by atoms with Crippen LogP contribution in [0.1, 0.15) is 32.3 Å². The minimum Gasteiger partial charge on any atom is -0.462 e. The second-order valence-corrected chi connectivity index (χ2v) is 11.9. The summed E-state index contributed by atoms with van der Waals surface area (Å²) >= 11 is 0. The fourth-order valence-corrected chi connectivity index (χ4v) is 6.08. The number of imidazole rings is 1. The number of anilines is 1. The highest BCUT2D eigenvalue weighted by atomic mass is 31.2. The fraction of sp³-hybridized carbons (Fsp3) is 0.552. The van der Waals surface area contributed by atoms with Crippen molar-refractivity contribution in [3.63, 3.8) is 0 Å². The molecule has 0 amide bonds. The van der Waals surface area contributed by atoms with Gasteiger partial charge < -0.3 is 43.5 Å². The Balaban J connectivity index is 1.29. The molecule has 0 aliphatic carbocycles. The van der Waals surface area contributed by atoms with Gasteiger partial charge in [0.1, 0.15) is 24.5 Å². The summed E-state index contributed by atoms with van der Waals surface area (Å²) < 4.78 is 29.1. The molecule has 1 aliphatic heterocycles. The fourth-order valence-electron chi connectivity index (χ4n) is 5.10. The number of pyridine rings is 1. The van der Waals surface area contributed by atoms with Gasteiger partial charge in [-0.05, 0) is 50.4 Å². The number of likely N-dealkylation sites (tertiary alicyclic amines) is 1. The van der Waals surface area contributed by atoms with E-state index in [2.05, 4.69) is 19.7 Å². The summed E-state index contributed by atoms with van der Waals surface area (Å²) in [7, 11) is -1.82. The third-order valence-corrected chi connectivity index (χ3v) is 8.36. The topological polar surface area (TPSA) is 165 Å². The summed E-state index contributed by atoms with van der Waals surface area (Å²) in [5.74, 6) is -0.409. The molecule has 0 spiro atoms. The zero-order valence-corrected chi connectivity index (χ0v) is 26.1.